The minimum atomic E-state index is -0.183. The molecule has 2 aromatic carbocycles. The third-order valence-electron chi connectivity index (χ3n) is 2.53. The van der Waals surface area contributed by atoms with Crippen molar-refractivity contribution in [3.8, 4) is 5.75 Å². The molecular formula is C13H14N2O2. The number of amides is 1. The molecule has 0 aliphatic heterocycles. The fourth-order valence-corrected chi connectivity index (χ4v) is 1.55. The van der Waals surface area contributed by atoms with Crippen LogP contribution in [0.15, 0.2) is 36.4 Å². The maximum atomic E-state index is 11.1. The molecule has 4 heteroatoms. The van der Waals surface area contributed by atoms with E-state index in [0.29, 0.717) is 17.9 Å². The highest BCUT2D eigenvalue weighted by molar-refractivity contribution is 5.95. The van der Waals surface area contributed by atoms with Gasteiger partial charge in [0.15, 0.2) is 5.75 Å². The van der Waals surface area contributed by atoms with E-state index >= 15 is 0 Å². The molecule has 3 N–H and O–H groups in total. The number of anilines is 1. The smallest absolute Gasteiger partial charge is 0.252 e. The molecule has 2 rings (SSSR count). The fourth-order valence-electron chi connectivity index (χ4n) is 1.55. The Morgan fingerprint density at radius 1 is 1.29 bits per heavy atom. The van der Waals surface area contributed by atoms with Crippen molar-refractivity contribution in [2.24, 2.45) is 0 Å². The van der Waals surface area contributed by atoms with Gasteiger partial charge in [-0.2, -0.15) is 5.48 Å². The molecular weight excluding hydrogens is 216 g/mol. The van der Waals surface area contributed by atoms with Gasteiger partial charge in [0, 0.05) is 11.8 Å². The van der Waals surface area contributed by atoms with E-state index < -0.39 is 0 Å². The van der Waals surface area contributed by atoms with Crippen LogP contribution in [0.4, 0.5) is 5.69 Å². The molecule has 88 valence electrons. The van der Waals surface area contributed by atoms with Gasteiger partial charge < -0.3 is 10.6 Å². The third-order valence-corrected chi connectivity index (χ3v) is 2.53. The van der Waals surface area contributed by atoms with Gasteiger partial charge in [0.2, 0.25) is 0 Å². The first kappa shape index (κ1) is 11.3. The maximum absolute atomic E-state index is 11.1. The van der Waals surface area contributed by atoms with Gasteiger partial charge >= 0.3 is 0 Å². The summed E-state index contributed by atoms with van der Waals surface area (Å²) in [6.07, 6.45) is 0.369. The number of hydroxylamine groups is 1. The predicted molar refractivity (Wildman–Crippen MR) is 67.4 cm³/mol. The zero-order chi connectivity index (χ0) is 12.3. The van der Waals surface area contributed by atoms with E-state index in [0.717, 1.165) is 10.8 Å². The number of fused-ring (bicyclic) bond motifs is 1. The quantitative estimate of drug-likeness (QED) is 0.627. The van der Waals surface area contributed by atoms with Crippen LogP contribution in [0, 0.1) is 0 Å². The van der Waals surface area contributed by atoms with Crippen LogP contribution in [-0.4, -0.2) is 5.91 Å². The topological polar surface area (TPSA) is 64.3 Å². The Morgan fingerprint density at radius 3 is 2.82 bits per heavy atom. The van der Waals surface area contributed by atoms with Crippen molar-refractivity contribution in [1.82, 2.24) is 5.48 Å². The molecule has 0 atom stereocenters. The lowest BCUT2D eigenvalue weighted by Gasteiger charge is -2.10. The largest absolute Gasteiger partial charge is 0.395 e. The van der Waals surface area contributed by atoms with Gasteiger partial charge in [-0.3, -0.25) is 4.79 Å². The average Bonchev–Trinajstić information content (AvgIpc) is 2.38. The highest BCUT2D eigenvalue weighted by atomic mass is 16.7. The van der Waals surface area contributed by atoms with Crippen LogP contribution in [0.25, 0.3) is 10.8 Å². The van der Waals surface area contributed by atoms with Crippen LogP contribution in [0.1, 0.15) is 13.3 Å². The Labute approximate surface area is 99.3 Å². The summed E-state index contributed by atoms with van der Waals surface area (Å²) < 4.78 is 0. The molecule has 0 saturated heterocycles. The highest BCUT2D eigenvalue weighted by Gasteiger charge is 2.06. The van der Waals surface area contributed by atoms with Crippen LogP contribution >= 0.6 is 0 Å². The van der Waals surface area contributed by atoms with Crippen molar-refractivity contribution < 1.29 is 9.63 Å². The predicted octanol–water partition coefficient (Wildman–Crippen LogP) is 2.24. The Balaban J connectivity index is 2.29. The number of hydrogen-bond acceptors (Lipinski definition) is 3. The lowest BCUT2D eigenvalue weighted by Crippen LogP contribution is -2.26. The van der Waals surface area contributed by atoms with E-state index in [-0.39, 0.29) is 5.91 Å². The van der Waals surface area contributed by atoms with Gasteiger partial charge in [-0.1, -0.05) is 37.3 Å². The molecule has 2 aromatic rings. The van der Waals surface area contributed by atoms with Crippen LogP contribution in [0.5, 0.6) is 5.75 Å². The van der Waals surface area contributed by atoms with E-state index in [9.17, 15) is 4.79 Å². The molecule has 0 bridgehead atoms. The summed E-state index contributed by atoms with van der Waals surface area (Å²) in [5.74, 6) is 0.281. The van der Waals surface area contributed by atoms with Crippen molar-refractivity contribution in [2.45, 2.75) is 13.3 Å². The van der Waals surface area contributed by atoms with E-state index in [1.165, 1.54) is 0 Å². The van der Waals surface area contributed by atoms with Crippen LogP contribution < -0.4 is 16.1 Å². The summed E-state index contributed by atoms with van der Waals surface area (Å²) in [6.45, 7) is 1.75. The molecule has 0 aliphatic rings. The maximum Gasteiger partial charge on any atom is 0.252 e. The monoisotopic (exact) mass is 230 g/mol. The Kier molecular flexibility index (Phi) is 3.14. The van der Waals surface area contributed by atoms with Crippen LogP contribution in [-0.2, 0) is 4.79 Å². The molecule has 17 heavy (non-hydrogen) atoms. The van der Waals surface area contributed by atoms with E-state index in [2.05, 4.69) is 5.48 Å². The van der Waals surface area contributed by atoms with E-state index in [1.807, 2.05) is 30.3 Å². The first-order valence-corrected chi connectivity index (χ1v) is 5.45. The zero-order valence-corrected chi connectivity index (χ0v) is 9.57. The number of rotatable bonds is 3. The molecule has 0 unspecified atom stereocenters. The number of nitrogens with two attached hydrogens (primary N) is 1. The standard InChI is InChI=1S/C13H14N2O2/c1-2-12(16)15-17-11-8-7-9-5-3-4-6-10(9)13(11)14/h3-8H,2,14H2,1H3,(H,15,16). The summed E-state index contributed by atoms with van der Waals surface area (Å²) in [5.41, 5.74) is 8.83. The lowest BCUT2D eigenvalue weighted by atomic mass is 10.1. The van der Waals surface area contributed by atoms with Gasteiger partial charge in [0.25, 0.3) is 5.91 Å². The van der Waals surface area contributed by atoms with Gasteiger partial charge in [-0.05, 0) is 11.5 Å². The fraction of sp³-hybridized carbons (Fsp3) is 0.154. The third kappa shape index (κ3) is 2.30. The second-order valence-corrected chi connectivity index (χ2v) is 3.68. The summed E-state index contributed by atoms with van der Waals surface area (Å²) in [5, 5.41) is 1.95. The zero-order valence-electron chi connectivity index (χ0n) is 9.57. The molecule has 4 nitrogen and oxygen atoms in total. The van der Waals surface area contributed by atoms with Gasteiger partial charge in [-0.15, -0.1) is 0 Å². The molecule has 0 radical (unpaired) electrons. The molecule has 0 spiro atoms. The Bertz CT molecular complexity index is 552. The Morgan fingerprint density at radius 2 is 2.06 bits per heavy atom. The second kappa shape index (κ2) is 4.74. The minimum absolute atomic E-state index is 0.183. The summed E-state index contributed by atoms with van der Waals surface area (Å²) in [4.78, 5) is 16.3. The lowest BCUT2D eigenvalue weighted by molar-refractivity contribution is -0.127. The van der Waals surface area contributed by atoms with Gasteiger partial charge in [0.05, 0.1) is 5.69 Å². The first-order valence-electron chi connectivity index (χ1n) is 5.45. The number of carbonyl (C=O) groups excluding carboxylic acids is 1. The second-order valence-electron chi connectivity index (χ2n) is 3.68. The SMILES string of the molecule is CCC(=O)NOc1ccc2ccccc2c1N. The molecule has 0 heterocycles. The van der Waals surface area contributed by atoms with E-state index in [1.54, 1.807) is 13.0 Å². The van der Waals surface area contributed by atoms with Gasteiger partial charge in [0.1, 0.15) is 0 Å². The molecule has 1 amide bonds. The van der Waals surface area contributed by atoms with Crippen molar-refractivity contribution in [3.63, 3.8) is 0 Å². The minimum Gasteiger partial charge on any atom is -0.395 e. The van der Waals surface area contributed by atoms with E-state index in [4.69, 9.17) is 10.6 Å². The van der Waals surface area contributed by atoms with Crippen molar-refractivity contribution in [1.29, 1.82) is 0 Å². The molecule has 0 aliphatic carbocycles. The van der Waals surface area contributed by atoms with Crippen molar-refractivity contribution in [2.75, 3.05) is 5.73 Å². The molecule has 0 aromatic heterocycles. The normalized spacial score (nSPS) is 10.2. The van der Waals surface area contributed by atoms with Crippen LogP contribution in [0.3, 0.4) is 0 Å². The highest BCUT2D eigenvalue weighted by Crippen LogP contribution is 2.29. The van der Waals surface area contributed by atoms with Gasteiger partial charge in [-0.25, -0.2) is 0 Å². The van der Waals surface area contributed by atoms with Crippen molar-refractivity contribution >= 4 is 22.4 Å². The number of nitrogen functional groups attached to an aromatic ring is 1. The van der Waals surface area contributed by atoms with Crippen molar-refractivity contribution in [3.05, 3.63) is 36.4 Å². The Hall–Kier alpha value is -2.23. The first-order chi connectivity index (χ1) is 8.22. The summed E-state index contributed by atoms with van der Waals surface area (Å²) in [6, 6.07) is 11.4. The molecule has 0 saturated carbocycles. The number of benzene rings is 2. The number of hydrogen-bond donors (Lipinski definition) is 2. The number of carbonyl (C=O) groups is 1. The summed E-state index contributed by atoms with van der Waals surface area (Å²) >= 11 is 0. The summed E-state index contributed by atoms with van der Waals surface area (Å²) in [7, 11) is 0. The number of nitrogens with one attached hydrogen (secondary N) is 1. The average molecular weight is 230 g/mol. The van der Waals surface area contributed by atoms with Crippen LogP contribution in [0.2, 0.25) is 0 Å². The molecule has 0 fully saturated rings.